The number of nitrogens with one attached hydrogen (secondary N) is 1. The molecule has 1 aliphatic rings. The van der Waals surface area contributed by atoms with Crippen molar-refractivity contribution >= 4 is 11.7 Å². The van der Waals surface area contributed by atoms with Gasteiger partial charge in [0.05, 0.1) is 17.9 Å². The lowest BCUT2D eigenvalue weighted by molar-refractivity contribution is 0.200. The van der Waals surface area contributed by atoms with E-state index in [1.165, 1.54) is 0 Å². The lowest BCUT2D eigenvalue weighted by Crippen LogP contribution is -2.41. The number of hydrogen-bond donors (Lipinski definition) is 1. The Balaban J connectivity index is 1.68. The molecule has 1 N–H and O–H groups in total. The fourth-order valence-corrected chi connectivity index (χ4v) is 3.13. The third kappa shape index (κ3) is 3.52. The van der Waals surface area contributed by atoms with Gasteiger partial charge < -0.3 is 14.8 Å². The first-order valence-electron chi connectivity index (χ1n) is 8.14. The predicted octanol–water partition coefficient (Wildman–Crippen LogP) is 3.10. The highest BCUT2D eigenvalue weighted by molar-refractivity contribution is 5.89. The molecule has 2 aromatic rings. The van der Waals surface area contributed by atoms with Crippen LogP contribution >= 0.6 is 0 Å². The zero-order chi connectivity index (χ0) is 16.2. The minimum Gasteiger partial charge on any atom is -0.333 e. The zero-order valence-corrected chi connectivity index (χ0v) is 13.6. The maximum absolute atomic E-state index is 12.5. The Morgan fingerprint density at radius 2 is 2.30 bits per heavy atom. The Morgan fingerprint density at radius 1 is 1.43 bits per heavy atom. The van der Waals surface area contributed by atoms with Crippen molar-refractivity contribution in [2.45, 2.75) is 45.2 Å². The van der Waals surface area contributed by atoms with E-state index in [0.717, 1.165) is 37.4 Å². The average Bonchev–Trinajstić information content (AvgIpc) is 3.18. The van der Waals surface area contributed by atoms with Crippen LogP contribution in [0.2, 0.25) is 0 Å². The van der Waals surface area contributed by atoms with E-state index in [9.17, 15) is 4.79 Å². The highest BCUT2D eigenvalue weighted by atomic mass is 16.2. The van der Waals surface area contributed by atoms with Crippen molar-refractivity contribution in [3.05, 3.63) is 42.7 Å². The van der Waals surface area contributed by atoms with Crippen LogP contribution in [0, 0.1) is 0 Å². The van der Waals surface area contributed by atoms with Gasteiger partial charge >= 0.3 is 6.03 Å². The Labute approximate surface area is 136 Å². The lowest BCUT2D eigenvalue weighted by Gasteiger charge is -2.26. The molecule has 0 bridgehead atoms. The zero-order valence-electron chi connectivity index (χ0n) is 13.6. The summed E-state index contributed by atoms with van der Waals surface area (Å²) in [5, 5.41) is 2.93. The molecule has 1 fully saturated rings. The van der Waals surface area contributed by atoms with Crippen molar-refractivity contribution in [1.29, 1.82) is 0 Å². The molecule has 1 aliphatic heterocycles. The van der Waals surface area contributed by atoms with Gasteiger partial charge in [-0.1, -0.05) is 13.8 Å². The van der Waals surface area contributed by atoms with E-state index in [2.05, 4.69) is 33.7 Å². The summed E-state index contributed by atoms with van der Waals surface area (Å²) < 4.78 is 2.17. The Hall–Kier alpha value is -2.37. The summed E-state index contributed by atoms with van der Waals surface area (Å²) in [7, 11) is 0. The van der Waals surface area contributed by atoms with Crippen LogP contribution in [0.5, 0.6) is 0 Å². The Bertz CT molecular complexity index is 652. The van der Waals surface area contributed by atoms with Gasteiger partial charge in [-0.15, -0.1) is 0 Å². The van der Waals surface area contributed by atoms with Crippen LogP contribution in [0.25, 0.3) is 0 Å². The first kappa shape index (κ1) is 15.5. The molecule has 6 nitrogen and oxygen atoms in total. The summed E-state index contributed by atoms with van der Waals surface area (Å²) in [6, 6.07) is 3.82. The number of rotatable bonds is 4. The molecule has 1 saturated heterocycles. The molecular formula is C17H23N5O. The molecule has 1 atom stereocenters. The van der Waals surface area contributed by atoms with Crippen LogP contribution in [-0.2, 0) is 6.54 Å². The minimum atomic E-state index is -0.0493. The standard InChI is InChI=1S/C17H23N5O/c1-13(2)16-19-8-10-21(16)12-15-6-4-9-22(15)17(23)20-14-5-3-7-18-11-14/h3,5,7-8,10-11,13,15H,4,6,9,12H2,1-2H3,(H,20,23). The highest BCUT2D eigenvalue weighted by Gasteiger charge is 2.29. The fraction of sp³-hybridized carbons (Fsp3) is 0.471. The van der Waals surface area contributed by atoms with Gasteiger partial charge in [0, 0.05) is 37.6 Å². The summed E-state index contributed by atoms with van der Waals surface area (Å²) in [5.74, 6) is 1.45. The SMILES string of the molecule is CC(C)c1nccn1CC1CCCN1C(=O)Nc1cccnc1. The largest absolute Gasteiger partial charge is 0.333 e. The minimum absolute atomic E-state index is 0.0493. The van der Waals surface area contributed by atoms with E-state index in [1.807, 2.05) is 29.4 Å². The third-order valence-electron chi connectivity index (χ3n) is 4.22. The number of imidazole rings is 1. The fourth-order valence-electron chi connectivity index (χ4n) is 3.13. The predicted molar refractivity (Wildman–Crippen MR) is 89.3 cm³/mol. The number of urea groups is 1. The molecule has 2 amide bonds. The molecule has 23 heavy (non-hydrogen) atoms. The number of carbonyl (C=O) groups is 1. The quantitative estimate of drug-likeness (QED) is 0.943. The number of anilines is 1. The number of amides is 2. The number of nitrogens with zero attached hydrogens (tertiary/aromatic N) is 4. The Morgan fingerprint density at radius 3 is 3.04 bits per heavy atom. The molecule has 0 radical (unpaired) electrons. The van der Waals surface area contributed by atoms with Crippen molar-refractivity contribution in [3.63, 3.8) is 0 Å². The van der Waals surface area contributed by atoms with Crippen molar-refractivity contribution in [2.24, 2.45) is 0 Å². The second-order valence-corrected chi connectivity index (χ2v) is 6.25. The van der Waals surface area contributed by atoms with Crippen LogP contribution in [0.4, 0.5) is 10.5 Å². The summed E-state index contributed by atoms with van der Waals surface area (Å²) in [4.78, 5) is 22.9. The van der Waals surface area contributed by atoms with Crippen molar-refractivity contribution in [3.8, 4) is 0 Å². The van der Waals surface area contributed by atoms with Crippen molar-refractivity contribution in [2.75, 3.05) is 11.9 Å². The molecule has 1 unspecified atom stereocenters. The van der Waals surface area contributed by atoms with Gasteiger partial charge in [0.25, 0.3) is 0 Å². The molecule has 0 aliphatic carbocycles. The lowest BCUT2D eigenvalue weighted by atomic mass is 10.2. The van der Waals surface area contributed by atoms with Gasteiger partial charge in [-0.3, -0.25) is 4.98 Å². The van der Waals surface area contributed by atoms with E-state index < -0.39 is 0 Å². The third-order valence-corrected chi connectivity index (χ3v) is 4.22. The molecule has 0 saturated carbocycles. The average molecular weight is 313 g/mol. The van der Waals surface area contributed by atoms with E-state index in [0.29, 0.717) is 5.92 Å². The number of carbonyl (C=O) groups excluding carboxylic acids is 1. The maximum Gasteiger partial charge on any atom is 0.322 e. The molecule has 0 spiro atoms. The van der Waals surface area contributed by atoms with Gasteiger partial charge in [-0.25, -0.2) is 9.78 Å². The second-order valence-electron chi connectivity index (χ2n) is 6.25. The smallest absolute Gasteiger partial charge is 0.322 e. The Kier molecular flexibility index (Phi) is 4.60. The summed E-state index contributed by atoms with van der Waals surface area (Å²) in [6.45, 7) is 5.87. The van der Waals surface area contributed by atoms with E-state index in [4.69, 9.17) is 0 Å². The summed E-state index contributed by atoms with van der Waals surface area (Å²) >= 11 is 0. The van der Waals surface area contributed by atoms with Crippen LogP contribution in [0.1, 0.15) is 38.4 Å². The topological polar surface area (TPSA) is 63.1 Å². The number of pyridine rings is 1. The monoisotopic (exact) mass is 313 g/mol. The molecular weight excluding hydrogens is 290 g/mol. The van der Waals surface area contributed by atoms with Crippen LogP contribution < -0.4 is 5.32 Å². The first-order valence-corrected chi connectivity index (χ1v) is 8.14. The van der Waals surface area contributed by atoms with E-state index >= 15 is 0 Å². The van der Waals surface area contributed by atoms with Crippen LogP contribution in [-0.4, -0.2) is 38.1 Å². The molecule has 122 valence electrons. The van der Waals surface area contributed by atoms with Crippen molar-refractivity contribution < 1.29 is 4.79 Å². The van der Waals surface area contributed by atoms with Crippen molar-refractivity contribution in [1.82, 2.24) is 19.4 Å². The normalized spacial score (nSPS) is 17.7. The maximum atomic E-state index is 12.5. The van der Waals surface area contributed by atoms with Gasteiger partial charge in [-0.05, 0) is 25.0 Å². The summed E-state index contributed by atoms with van der Waals surface area (Å²) in [5.41, 5.74) is 0.730. The van der Waals surface area contributed by atoms with Gasteiger partial charge in [-0.2, -0.15) is 0 Å². The molecule has 0 aromatic carbocycles. The summed E-state index contributed by atoms with van der Waals surface area (Å²) in [6.07, 6.45) is 9.26. The molecule has 3 rings (SSSR count). The van der Waals surface area contributed by atoms with E-state index in [1.54, 1.807) is 12.4 Å². The molecule has 2 aromatic heterocycles. The molecule has 6 heteroatoms. The first-order chi connectivity index (χ1) is 11.1. The number of aromatic nitrogens is 3. The van der Waals surface area contributed by atoms with E-state index in [-0.39, 0.29) is 12.1 Å². The second kappa shape index (κ2) is 6.81. The van der Waals surface area contributed by atoms with Gasteiger partial charge in [0.1, 0.15) is 5.82 Å². The number of hydrogen-bond acceptors (Lipinski definition) is 3. The number of likely N-dealkylation sites (tertiary alicyclic amines) is 1. The highest BCUT2D eigenvalue weighted by Crippen LogP contribution is 2.22. The van der Waals surface area contributed by atoms with Gasteiger partial charge in [0.15, 0.2) is 0 Å². The van der Waals surface area contributed by atoms with Crippen LogP contribution in [0.15, 0.2) is 36.9 Å². The van der Waals surface area contributed by atoms with Gasteiger partial charge in [0.2, 0.25) is 0 Å². The molecule has 3 heterocycles. The van der Waals surface area contributed by atoms with Crippen LogP contribution in [0.3, 0.4) is 0 Å².